The second-order valence-corrected chi connectivity index (χ2v) is 12.3. The van der Waals surface area contributed by atoms with Crippen molar-refractivity contribution in [3.05, 3.63) is 47.5 Å². The van der Waals surface area contributed by atoms with Crippen molar-refractivity contribution in [2.45, 2.75) is 52.0 Å². The zero-order chi connectivity index (χ0) is 32.8. The third kappa shape index (κ3) is 7.69. The summed E-state index contributed by atoms with van der Waals surface area (Å²) >= 11 is 0. The summed E-state index contributed by atoms with van der Waals surface area (Å²) in [6.07, 6.45) is 4.57. The number of amides is 4. The first-order chi connectivity index (χ1) is 22.1. The number of nitrogens with zero attached hydrogens (tertiary/aromatic N) is 9. The Labute approximate surface area is 267 Å². The minimum absolute atomic E-state index is 0.114. The molecule has 2 bridgehead atoms. The van der Waals surface area contributed by atoms with Crippen molar-refractivity contribution in [2.75, 3.05) is 46.4 Å². The Hall–Kier alpha value is -4.82. The van der Waals surface area contributed by atoms with E-state index in [1.54, 1.807) is 36.0 Å². The van der Waals surface area contributed by atoms with Gasteiger partial charge in [-0.25, -0.2) is 4.68 Å². The fourth-order valence-corrected chi connectivity index (χ4v) is 5.90. The van der Waals surface area contributed by atoms with Crippen molar-refractivity contribution >= 4 is 23.6 Å². The standard InChI is InChI=1S/C31H42N10O5/c1-21(2)12-15-40-23-8-11-26-25(16-23)30(34-38(26)4)31(45)37(3)17-27(42)32-13-5-14-39(18-28(40)43)29(44)19-46-24-9-6-22(7-10-24)41-20-33-35-36-41/h6-7,9-10,20-21,23H,5,8,11-19H2,1-4H3,(H,32,42). The fourth-order valence-electron chi connectivity index (χ4n) is 5.90. The molecule has 0 spiro atoms. The number of aromatic nitrogens is 6. The summed E-state index contributed by atoms with van der Waals surface area (Å²) in [5, 5.41) is 18.5. The van der Waals surface area contributed by atoms with Gasteiger partial charge >= 0.3 is 0 Å². The minimum Gasteiger partial charge on any atom is -0.484 e. The highest BCUT2D eigenvalue weighted by Gasteiger charge is 2.35. The zero-order valence-corrected chi connectivity index (χ0v) is 26.9. The molecule has 5 rings (SSSR count). The van der Waals surface area contributed by atoms with Crippen molar-refractivity contribution < 1.29 is 23.9 Å². The number of benzene rings is 1. The lowest BCUT2D eigenvalue weighted by Crippen LogP contribution is -2.50. The molecule has 1 atom stereocenters. The third-order valence-corrected chi connectivity index (χ3v) is 8.49. The van der Waals surface area contributed by atoms with Gasteiger partial charge in [0.1, 0.15) is 12.1 Å². The average molecular weight is 635 g/mol. The van der Waals surface area contributed by atoms with Gasteiger partial charge in [-0.2, -0.15) is 5.10 Å². The van der Waals surface area contributed by atoms with E-state index in [-0.39, 0.29) is 62.5 Å². The molecule has 1 N–H and O–H groups in total. The Morgan fingerprint density at radius 3 is 2.61 bits per heavy atom. The van der Waals surface area contributed by atoms with Crippen LogP contribution in [0.4, 0.5) is 0 Å². The van der Waals surface area contributed by atoms with E-state index in [0.29, 0.717) is 43.2 Å². The van der Waals surface area contributed by atoms with Gasteiger partial charge in [0.15, 0.2) is 12.3 Å². The lowest BCUT2D eigenvalue weighted by molar-refractivity contribution is -0.143. The Balaban J connectivity index is 1.36. The second-order valence-electron chi connectivity index (χ2n) is 12.3. The van der Waals surface area contributed by atoms with E-state index in [4.69, 9.17) is 4.74 Å². The predicted molar refractivity (Wildman–Crippen MR) is 166 cm³/mol. The largest absolute Gasteiger partial charge is 0.484 e. The first kappa shape index (κ1) is 32.6. The number of carbonyl (C=O) groups excluding carboxylic acids is 4. The Morgan fingerprint density at radius 1 is 1.11 bits per heavy atom. The summed E-state index contributed by atoms with van der Waals surface area (Å²) in [7, 11) is 3.41. The quantitative estimate of drug-likeness (QED) is 0.393. The van der Waals surface area contributed by atoms with Gasteiger partial charge in [0.2, 0.25) is 11.8 Å². The molecule has 4 amide bonds. The number of likely N-dealkylation sites (N-methyl/N-ethyl adjacent to an activating group) is 1. The number of aryl methyl sites for hydroxylation is 1. The number of fused-ring (bicyclic) bond motifs is 1. The molecular formula is C31H42N10O5. The highest BCUT2D eigenvalue weighted by Crippen LogP contribution is 2.28. The van der Waals surface area contributed by atoms with Crippen molar-refractivity contribution in [1.82, 2.24) is 50.0 Å². The second kappa shape index (κ2) is 14.5. The molecular weight excluding hydrogens is 592 g/mol. The van der Waals surface area contributed by atoms with Crippen LogP contribution in [0.1, 0.15) is 54.9 Å². The van der Waals surface area contributed by atoms with E-state index < -0.39 is 0 Å². The summed E-state index contributed by atoms with van der Waals surface area (Å²) < 4.78 is 9.05. The summed E-state index contributed by atoms with van der Waals surface area (Å²) in [6, 6.07) is 6.84. The van der Waals surface area contributed by atoms with E-state index >= 15 is 0 Å². The highest BCUT2D eigenvalue weighted by atomic mass is 16.5. The normalized spacial score (nSPS) is 18.2. The number of rotatable bonds is 7. The molecule has 15 nitrogen and oxygen atoms in total. The maximum Gasteiger partial charge on any atom is 0.274 e. The van der Waals surface area contributed by atoms with Crippen molar-refractivity contribution in [2.24, 2.45) is 13.0 Å². The summed E-state index contributed by atoms with van der Waals surface area (Å²) in [5.74, 6) is -0.258. The molecule has 0 saturated heterocycles. The van der Waals surface area contributed by atoms with Gasteiger partial charge in [0, 0.05) is 51.0 Å². The summed E-state index contributed by atoms with van der Waals surface area (Å²) in [5.41, 5.74) is 2.84. The number of carbonyl (C=O) groups is 4. The Bertz CT molecular complexity index is 1540. The van der Waals surface area contributed by atoms with Crippen LogP contribution in [-0.4, -0.2) is 121 Å². The molecule has 0 radical (unpaired) electrons. The van der Waals surface area contributed by atoms with Crippen molar-refractivity contribution in [3.8, 4) is 11.4 Å². The number of nitrogens with one attached hydrogen (secondary N) is 1. The number of hydrogen-bond acceptors (Lipinski definition) is 9. The summed E-state index contributed by atoms with van der Waals surface area (Å²) in [4.78, 5) is 58.4. The van der Waals surface area contributed by atoms with Gasteiger partial charge in [-0.3, -0.25) is 23.9 Å². The zero-order valence-electron chi connectivity index (χ0n) is 26.9. The average Bonchev–Trinajstić information content (AvgIpc) is 3.69. The van der Waals surface area contributed by atoms with Crippen LogP contribution in [-0.2, 0) is 34.3 Å². The molecule has 1 aromatic carbocycles. The number of hydrogen-bond donors (Lipinski definition) is 1. The molecule has 46 heavy (non-hydrogen) atoms. The van der Waals surface area contributed by atoms with Crippen LogP contribution in [0.25, 0.3) is 5.69 Å². The van der Waals surface area contributed by atoms with Crippen molar-refractivity contribution in [3.63, 3.8) is 0 Å². The highest BCUT2D eigenvalue weighted by molar-refractivity contribution is 5.96. The van der Waals surface area contributed by atoms with E-state index in [2.05, 4.69) is 39.8 Å². The number of ether oxygens (including phenoxy) is 1. The summed E-state index contributed by atoms with van der Waals surface area (Å²) in [6.45, 7) is 4.82. The van der Waals surface area contributed by atoms with Crippen LogP contribution in [0, 0.1) is 5.92 Å². The molecule has 3 heterocycles. The Morgan fingerprint density at radius 2 is 1.89 bits per heavy atom. The van der Waals surface area contributed by atoms with E-state index in [1.807, 2.05) is 11.9 Å². The molecule has 1 unspecified atom stereocenters. The third-order valence-electron chi connectivity index (χ3n) is 8.49. The first-order valence-corrected chi connectivity index (χ1v) is 15.7. The monoisotopic (exact) mass is 634 g/mol. The molecule has 1 aliphatic heterocycles. The molecule has 2 aliphatic rings. The predicted octanol–water partition coefficient (Wildman–Crippen LogP) is 0.627. The molecule has 1 aliphatic carbocycles. The van der Waals surface area contributed by atoms with Crippen LogP contribution < -0.4 is 10.1 Å². The van der Waals surface area contributed by atoms with Crippen LogP contribution >= 0.6 is 0 Å². The Kier molecular flexibility index (Phi) is 10.3. The van der Waals surface area contributed by atoms with Crippen LogP contribution in [0.2, 0.25) is 0 Å². The van der Waals surface area contributed by atoms with Gasteiger partial charge in [-0.15, -0.1) is 5.10 Å². The lowest BCUT2D eigenvalue weighted by atomic mass is 9.89. The van der Waals surface area contributed by atoms with Gasteiger partial charge in [-0.05, 0) is 72.7 Å². The fraction of sp³-hybridized carbons (Fsp3) is 0.548. The molecule has 3 aromatic rings. The molecule has 0 saturated carbocycles. The topological polar surface area (TPSA) is 161 Å². The molecule has 2 aromatic heterocycles. The minimum atomic E-state index is -0.333. The van der Waals surface area contributed by atoms with Gasteiger partial charge in [0.05, 0.1) is 18.8 Å². The molecule has 0 fully saturated rings. The maximum absolute atomic E-state index is 14.0. The van der Waals surface area contributed by atoms with Gasteiger partial charge < -0.3 is 24.8 Å². The van der Waals surface area contributed by atoms with Crippen LogP contribution in [0.15, 0.2) is 30.6 Å². The van der Waals surface area contributed by atoms with E-state index in [1.165, 1.54) is 20.8 Å². The van der Waals surface area contributed by atoms with Gasteiger partial charge in [-0.1, -0.05) is 13.8 Å². The lowest BCUT2D eigenvalue weighted by Gasteiger charge is -2.36. The van der Waals surface area contributed by atoms with Crippen LogP contribution in [0.3, 0.4) is 0 Å². The number of tetrazole rings is 1. The first-order valence-electron chi connectivity index (χ1n) is 15.7. The smallest absolute Gasteiger partial charge is 0.274 e. The SMILES string of the molecule is CC(C)CCN1C(=O)CN(C(=O)COc2ccc(-n3cnnn3)cc2)CCCNC(=O)CN(C)C(=O)c2nn(C)c3c2CC1CC3. The maximum atomic E-state index is 14.0. The van der Waals surface area contributed by atoms with Crippen LogP contribution in [0.5, 0.6) is 5.75 Å². The van der Waals surface area contributed by atoms with Crippen molar-refractivity contribution in [1.29, 1.82) is 0 Å². The molecule has 246 valence electrons. The van der Waals surface area contributed by atoms with Gasteiger partial charge in [0.25, 0.3) is 11.8 Å². The van der Waals surface area contributed by atoms with E-state index in [9.17, 15) is 19.2 Å². The molecule has 15 heteroatoms. The van der Waals surface area contributed by atoms with E-state index in [0.717, 1.165) is 29.8 Å².